The number of unbranched alkanes of at least 4 members (excludes halogenated alkanes) is 13. The lowest BCUT2D eigenvalue weighted by molar-refractivity contribution is 0.147. The molecule has 0 aliphatic carbocycles. The maximum atomic E-state index is 10.0. The Kier molecular flexibility index (Phi) is 19.1. The van der Waals surface area contributed by atoms with Gasteiger partial charge in [-0.15, -0.1) is 5.73 Å². The van der Waals surface area contributed by atoms with Gasteiger partial charge in [-0.05, 0) is 31.8 Å². The molecule has 0 aromatic carbocycles. The molecule has 0 heterocycles. The first kappa shape index (κ1) is 22.5. The molecular weight excluding hydrogens is 280 g/mol. The number of allylic oxidation sites excluding steroid dienone is 1. The molecule has 1 atom stereocenters. The van der Waals surface area contributed by atoms with Crippen molar-refractivity contribution in [3.05, 3.63) is 18.4 Å². The molecule has 136 valence electrons. The van der Waals surface area contributed by atoms with Crippen LogP contribution in [0, 0.1) is 0 Å². The van der Waals surface area contributed by atoms with Gasteiger partial charge in [-0.1, -0.05) is 97.0 Å². The maximum Gasteiger partial charge on any atom is 0.0540 e. The van der Waals surface area contributed by atoms with E-state index >= 15 is 0 Å². The molecule has 0 rings (SSSR count). The lowest BCUT2D eigenvalue weighted by Gasteiger charge is -2.10. The summed E-state index contributed by atoms with van der Waals surface area (Å²) in [6.07, 6.45) is 23.7. The minimum absolute atomic E-state index is 0.0525. The van der Waals surface area contributed by atoms with E-state index in [1.54, 1.807) is 0 Å². The van der Waals surface area contributed by atoms with Gasteiger partial charge in [0, 0.05) is 0 Å². The molecule has 0 bridgehead atoms. The van der Waals surface area contributed by atoms with Crippen LogP contribution in [0.1, 0.15) is 116 Å². The van der Waals surface area contributed by atoms with Crippen LogP contribution in [-0.2, 0) is 0 Å². The van der Waals surface area contributed by atoms with Crippen molar-refractivity contribution < 1.29 is 5.11 Å². The van der Waals surface area contributed by atoms with Crippen LogP contribution in [0.25, 0.3) is 0 Å². The van der Waals surface area contributed by atoms with Gasteiger partial charge in [-0.3, -0.25) is 0 Å². The summed E-state index contributed by atoms with van der Waals surface area (Å²) in [6, 6.07) is 0. The molecule has 0 aliphatic heterocycles. The molecular formula is C22H42O. The molecule has 1 N–H and O–H groups in total. The number of aliphatic hydroxyl groups is 1. The fraction of sp³-hybridized carbons (Fsp3) is 0.864. The van der Waals surface area contributed by atoms with Crippen LogP contribution in [0.15, 0.2) is 18.4 Å². The number of hydrogen-bond acceptors (Lipinski definition) is 1. The van der Waals surface area contributed by atoms with E-state index in [0.717, 1.165) is 19.3 Å². The normalized spacial score (nSPS) is 12.1. The molecule has 1 heteroatoms. The summed E-state index contributed by atoms with van der Waals surface area (Å²) >= 11 is 0. The van der Waals surface area contributed by atoms with E-state index in [1.807, 2.05) is 6.08 Å². The first-order valence-electron chi connectivity index (χ1n) is 10.3. The van der Waals surface area contributed by atoms with Crippen LogP contribution in [0.5, 0.6) is 0 Å². The Bertz CT molecular complexity index is 265. The summed E-state index contributed by atoms with van der Waals surface area (Å²) in [5, 5.41) is 10.0. The zero-order valence-electron chi connectivity index (χ0n) is 15.8. The highest BCUT2D eigenvalue weighted by atomic mass is 16.3. The Hall–Kier alpha value is -0.520. The van der Waals surface area contributed by atoms with E-state index in [0.29, 0.717) is 0 Å². The van der Waals surface area contributed by atoms with Crippen molar-refractivity contribution in [2.75, 3.05) is 0 Å². The third-order valence-electron chi connectivity index (χ3n) is 4.67. The third kappa shape index (κ3) is 19.4. The quantitative estimate of drug-likeness (QED) is 0.207. The van der Waals surface area contributed by atoms with E-state index in [4.69, 9.17) is 0 Å². The predicted octanol–water partition coefficient (Wildman–Crippen LogP) is 7.34. The van der Waals surface area contributed by atoms with Crippen molar-refractivity contribution in [1.29, 1.82) is 0 Å². The molecule has 0 fully saturated rings. The monoisotopic (exact) mass is 322 g/mol. The van der Waals surface area contributed by atoms with E-state index in [9.17, 15) is 5.11 Å². The summed E-state index contributed by atoms with van der Waals surface area (Å²) in [5.41, 5.74) is 2.82. The lowest BCUT2D eigenvalue weighted by Crippen LogP contribution is -2.05. The largest absolute Gasteiger partial charge is 0.393 e. The first-order chi connectivity index (χ1) is 11.3. The number of aliphatic hydroxyl groups excluding tert-OH is 1. The highest BCUT2D eigenvalue weighted by Gasteiger charge is 2.03. The minimum atomic E-state index is -0.0525. The van der Waals surface area contributed by atoms with E-state index in [-0.39, 0.29) is 6.10 Å². The van der Waals surface area contributed by atoms with Gasteiger partial charge < -0.3 is 5.11 Å². The highest BCUT2D eigenvalue weighted by Crippen LogP contribution is 2.14. The van der Waals surface area contributed by atoms with Crippen molar-refractivity contribution in [3.63, 3.8) is 0 Å². The molecule has 0 radical (unpaired) electrons. The molecule has 0 saturated carbocycles. The van der Waals surface area contributed by atoms with E-state index < -0.39 is 0 Å². The Morgan fingerprint density at radius 3 is 1.65 bits per heavy atom. The maximum absolute atomic E-state index is 10.0. The summed E-state index contributed by atoms with van der Waals surface area (Å²) in [5.74, 6) is 0. The molecule has 0 spiro atoms. The Balaban J connectivity index is 3.15. The van der Waals surface area contributed by atoms with Crippen molar-refractivity contribution in [2.45, 2.75) is 122 Å². The van der Waals surface area contributed by atoms with Crippen LogP contribution >= 0.6 is 0 Å². The molecule has 0 amide bonds. The van der Waals surface area contributed by atoms with Crippen LogP contribution in [0.3, 0.4) is 0 Å². The standard InChI is InChI=1S/C22H42O/c1-3-5-7-9-11-13-15-17-19-21-22(23)20-18-16-14-12-10-8-6-4-2/h6,22-23H,2-3,5,7-21H2,1H3. The van der Waals surface area contributed by atoms with E-state index in [2.05, 4.69) is 19.2 Å². The van der Waals surface area contributed by atoms with Crippen LogP contribution in [-0.4, -0.2) is 11.2 Å². The van der Waals surface area contributed by atoms with Crippen LogP contribution < -0.4 is 0 Å². The molecule has 0 aromatic rings. The molecule has 23 heavy (non-hydrogen) atoms. The second kappa shape index (κ2) is 19.5. The van der Waals surface area contributed by atoms with Crippen LogP contribution in [0.2, 0.25) is 0 Å². The topological polar surface area (TPSA) is 20.2 Å². The van der Waals surface area contributed by atoms with Crippen molar-refractivity contribution in [3.8, 4) is 0 Å². The molecule has 1 nitrogen and oxygen atoms in total. The van der Waals surface area contributed by atoms with Crippen molar-refractivity contribution >= 4 is 0 Å². The zero-order chi connectivity index (χ0) is 17.0. The first-order valence-corrected chi connectivity index (χ1v) is 10.3. The van der Waals surface area contributed by atoms with Gasteiger partial charge in [0.2, 0.25) is 0 Å². The van der Waals surface area contributed by atoms with Crippen molar-refractivity contribution in [2.24, 2.45) is 0 Å². The summed E-state index contributed by atoms with van der Waals surface area (Å²) < 4.78 is 0. The highest BCUT2D eigenvalue weighted by molar-refractivity contribution is 4.74. The van der Waals surface area contributed by atoms with Gasteiger partial charge in [0.25, 0.3) is 0 Å². The Morgan fingerprint density at radius 1 is 0.739 bits per heavy atom. The van der Waals surface area contributed by atoms with Gasteiger partial charge in [0.05, 0.1) is 6.10 Å². The van der Waals surface area contributed by atoms with Gasteiger partial charge in [0.15, 0.2) is 0 Å². The average Bonchev–Trinajstić information content (AvgIpc) is 2.56. The number of hydrogen-bond donors (Lipinski definition) is 1. The van der Waals surface area contributed by atoms with Gasteiger partial charge in [-0.2, -0.15) is 0 Å². The fourth-order valence-corrected chi connectivity index (χ4v) is 3.09. The van der Waals surface area contributed by atoms with Crippen molar-refractivity contribution in [1.82, 2.24) is 0 Å². The Morgan fingerprint density at radius 2 is 1.17 bits per heavy atom. The molecule has 0 aromatic heterocycles. The molecule has 0 saturated heterocycles. The smallest absolute Gasteiger partial charge is 0.0540 e. The van der Waals surface area contributed by atoms with E-state index in [1.165, 1.54) is 89.9 Å². The second-order valence-electron chi connectivity index (χ2n) is 7.02. The molecule has 1 unspecified atom stereocenters. The fourth-order valence-electron chi connectivity index (χ4n) is 3.09. The van der Waals surface area contributed by atoms with Gasteiger partial charge in [-0.25, -0.2) is 0 Å². The zero-order valence-corrected chi connectivity index (χ0v) is 15.8. The van der Waals surface area contributed by atoms with Crippen LogP contribution in [0.4, 0.5) is 0 Å². The predicted molar refractivity (Wildman–Crippen MR) is 104 cm³/mol. The SMILES string of the molecule is C=C=CCCCCCCCC(O)CCCCCCCCCCC. The summed E-state index contributed by atoms with van der Waals surface area (Å²) in [7, 11) is 0. The lowest BCUT2D eigenvalue weighted by atomic mass is 10.0. The third-order valence-corrected chi connectivity index (χ3v) is 4.67. The number of rotatable bonds is 18. The minimum Gasteiger partial charge on any atom is -0.393 e. The Labute approximate surface area is 146 Å². The summed E-state index contributed by atoms with van der Waals surface area (Å²) in [4.78, 5) is 0. The molecule has 0 aliphatic rings. The average molecular weight is 323 g/mol. The second-order valence-corrected chi connectivity index (χ2v) is 7.02. The van der Waals surface area contributed by atoms with Gasteiger partial charge in [0.1, 0.15) is 0 Å². The summed E-state index contributed by atoms with van der Waals surface area (Å²) in [6.45, 7) is 5.85. The van der Waals surface area contributed by atoms with Gasteiger partial charge >= 0.3 is 0 Å².